The van der Waals surface area contributed by atoms with Gasteiger partial charge >= 0.3 is 12.2 Å². The Hall–Kier alpha value is -2.56. The van der Waals surface area contributed by atoms with Gasteiger partial charge in [0.05, 0.1) is 17.3 Å². The second-order valence-corrected chi connectivity index (χ2v) is 4.07. The predicted molar refractivity (Wildman–Crippen MR) is 61.5 cm³/mol. The number of rotatable bonds is 2. The van der Waals surface area contributed by atoms with E-state index >= 15 is 0 Å². The maximum atomic E-state index is 12.6. The van der Waals surface area contributed by atoms with Gasteiger partial charge in [-0.1, -0.05) is 6.07 Å². The molecule has 1 aromatic rings. The molecule has 1 fully saturated rings. The first kappa shape index (κ1) is 13.9. The molecule has 20 heavy (non-hydrogen) atoms. The van der Waals surface area contributed by atoms with Crippen LogP contribution in [-0.4, -0.2) is 29.9 Å². The predicted octanol–water partition coefficient (Wildman–Crippen LogP) is 2.00. The lowest BCUT2D eigenvalue weighted by Gasteiger charge is -2.16. The van der Waals surface area contributed by atoms with Crippen molar-refractivity contribution >= 4 is 17.6 Å². The molecule has 1 heterocycles. The standard InChI is InChI=1S/C12H8F3N3O2/c13-12(14,15)8-2-1-3-9(6-8)18-10(19)7-17(5-4-16)11(18)20/h1-3,6H,5,7H2. The topological polar surface area (TPSA) is 64.4 Å². The van der Waals surface area contributed by atoms with Crippen molar-refractivity contribution in [2.45, 2.75) is 6.18 Å². The maximum Gasteiger partial charge on any atom is 0.416 e. The van der Waals surface area contributed by atoms with Gasteiger partial charge in [0.2, 0.25) is 0 Å². The highest BCUT2D eigenvalue weighted by atomic mass is 19.4. The quantitative estimate of drug-likeness (QED) is 0.616. The number of carbonyl (C=O) groups excluding carboxylic acids is 2. The van der Waals surface area contributed by atoms with Crippen LogP contribution in [0.1, 0.15) is 5.56 Å². The number of halogens is 3. The van der Waals surface area contributed by atoms with Crippen LogP contribution in [-0.2, 0) is 11.0 Å². The van der Waals surface area contributed by atoms with E-state index in [1.54, 1.807) is 6.07 Å². The molecule has 8 heteroatoms. The summed E-state index contributed by atoms with van der Waals surface area (Å²) in [6, 6.07) is 4.85. The van der Waals surface area contributed by atoms with Crippen molar-refractivity contribution in [2.24, 2.45) is 0 Å². The van der Waals surface area contributed by atoms with Crippen LogP contribution in [0.15, 0.2) is 24.3 Å². The Bertz CT molecular complexity index is 607. The second kappa shape index (κ2) is 4.85. The van der Waals surface area contributed by atoms with Gasteiger partial charge in [-0.15, -0.1) is 0 Å². The molecule has 0 radical (unpaired) electrons. The number of nitriles is 1. The molecule has 1 aromatic carbocycles. The van der Waals surface area contributed by atoms with Gasteiger partial charge in [-0.3, -0.25) is 4.79 Å². The molecular formula is C12H8F3N3O2. The number of benzene rings is 1. The number of amides is 3. The average molecular weight is 283 g/mol. The van der Waals surface area contributed by atoms with Crippen LogP contribution in [0.3, 0.4) is 0 Å². The van der Waals surface area contributed by atoms with Crippen molar-refractivity contribution in [3.05, 3.63) is 29.8 Å². The van der Waals surface area contributed by atoms with Crippen molar-refractivity contribution in [1.82, 2.24) is 4.90 Å². The molecule has 1 saturated heterocycles. The van der Waals surface area contributed by atoms with Gasteiger partial charge in [-0.05, 0) is 18.2 Å². The van der Waals surface area contributed by atoms with Gasteiger partial charge in [0.1, 0.15) is 13.1 Å². The summed E-state index contributed by atoms with van der Waals surface area (Å²) in [5.41, 5.74) is -1.11. The van der Waals surface area contributed by atoms with Crippen LogP contribution in [0.2, 0.25) is 0 Å². The molecule has 0 aliphatic carbocycles. The first-order valence-electron chi connectivity index (χ1n) is 5.50. The summed E-state index contributed by atoms with van der Waals surface area (Å²) in [6.45, 7) is -0.608. The Labute approximate surface area is 111 Å². The third-order valence-corrected chi connectivity index (χ3v) is 2.73. The van der Waals surface area contributed by atoms with E-state index in [-0.39, 0.29) is 18.8 Å². The van der Waals surface area contributed by atoms with E-state index in [2.05, 4.69) is 0 Å². The molecule has 2 rings (SSSR count). The van der Waals surface area contributed by atoms with E-state index in [0.29, 0.717) is 4.90 Å². The van der Waals surface area contributed by atoms with Crippen molar-refractivity contribution in [1.29, 1.82) is 5.26 Å². The van der Waals surface area contributed by atoms with Crippen LogP contribution in [0.5, 0.6) is 0 Å². The lowest BCUT2D eigenvalue weighted by Crippen LogP contribution is -2.33. The third-order valence-electron chi connectivity index (χ3n) is 2.73. The van der Waals surface area contributed by atoms with Gasteiger partial charge in [0, 0.05) is 0 Å². The first-order chi connectivity index (χ1) is 9.34. The molecule has 0 unspecified atom stereocenters. The van der Waals surface area contributed by atoms with Gasteiger partial charge < -0.3 is 4.90 Å². The minimum absolute atomic E-state index is 0.157. The van der Waals surface area contributed by atoms with Crippen molar-refractivity contribution in [3.63, 3.8) is 0 Å². The van der Waals surface area contributed by atoms with E-state index in [4.69, 9.17) is 5.26 Å². The van der Waals surface area contributed by atoms with Crippen LogP contribution < -0.4 is 4.90 Å². The second-order valence-electron chi connectivity index (χ2n) is 4.07. The summed E-state index contributed by atoms with van der Waals surface area (Å²) in [5.74, 6) is -0.662. The van der Waals surface area contributed by atoms with Gasteiger partial charge in [-0.25, -0.2) is 9.69 Å². The molecule has 5 nitrogen and oxygen atoms in total. The molecule has 1 aliphatic rings. The lowest BCUT2D eigenvalue weighted by atomic mass is 10.2. The highest BCUT2D eigenvalue weighted by molar-refractivity contribution is 6.19. The molecule has 104 valence electrons. The number of nitrogens with zero attached hydrogens (tertiary/aromatic N) is 3. The first-order valence-corrected chi connectivity index (χ1v) is 5.50. The van der Waals surface area contributed by atoms with Gasteiger partial charge in [0.15, 0.2) is 0 Å². The molecule has 0 atom stereocenters. The Morgan fingerprint density at radius 3 is 2.60 bits per heavy atom. The molecule has 0 N–H and O–H groups in total. The maximum absolute atomic E-state index is 12.6. The van der Waals surface area contributed by atoms with E-state index < -0.39 is 23.7 Å². The Morgan fingerprint density at radius 2 is 2.00 bits per heavy atom. The number of anilines is 1. The van der Waals surface area contributed by atoms with Crippen molar-refractivity contribution < 1.29 is 22.8 Å². The number of hydrogen-bond donors (Lipinski definition) is 0. The van der Waals surface area contributed by atoms with Gasteiger partial charge in [0.25, 0.3) is 5.91 Å². The van der Waals surface area contributed by atoms with E-state index in [0.717, 1.165) is 23.1 Å². The molecule has 0 bridgehead atoms. The lowest BCUT2D eigenvalue weighted by molar-refractivity contribution is -0.137. The Balaban J connectivity index is 2.35. The fraction of sp³-hybridized carbons (Fsp3) is 0.250. The largest absolute Gasteiger partial charge is 0.416 e. The zero-order valence-electron chi connectivity index (χ0n) is 10.0. The summed E-state index contributed by atoms with van der Waals surface area (Å²) < 4.78 is 37.8. The number of alkyl halides is 3. The van der Waals surface area contributed by atoms with Crippen molar-refractivity contribution in [2.75, 3.05) is 18.0 Å². The SMILES string of the molecule is N#CCN1CC(=O)N(c2cccc(C(F)(F)F)c2)C1=O. The van der Waals surface area contributed by atoms with Crippen LogP contribution in [0.25, 0.3) is 0 Å². The van der Waals surface area contributed by atoms with Gasteiger partial charge in [-0.2, -0.15) is 18.4 Å². The summed E-state index contributed by atoms with van der Waals surface area (Å²) in [6.07, 6.45) is -4.56. The molecule has 0 saturated carbocycles. The number of urea groups is 1. The Kier molecular flexibility index (Phi) is 3.36. The highest BCUT2D eigenvalue weighted by Gasteiger charge is 2.38. The zero-order chi connectivity index (χ0) is 14.9. The summed E-state index contributed by atoms with van der Waals surface area (Å²) in [4.78, 5) is 25.2. The monoisotopic (exact) mass is 283 g/mol. The number of hydrogen-bond acceptors (Lipinski definition) is 3. The zero-order valence-corrected chi connectivity index (χ0v) is 10.0. The molecular weight excluding hydrogens is 275 g/mol. The van der Waals surface area contributed by atoms with Crippen molar-refractivity contribution in [3.8, 4) is 6.07 Å². The molecule has 3 amide bonds. The van der Waals surface area contributed by atoms with Crippen LogP contribution in [0, 0.1) is 11.3 Å². The van der Waals surface area contributed by atoms with Crippen LogP contribution >= 0.6 is 0 Å². The molecule has 0 spiro atoms. The van der Waals surface area contributed by atoms with Crippen LogP contribution in [0.4, 0.5) is 23.7 Å². The highest BCUT2D eigenvalue weighted by Crippen LogP contribution is 2.32. The summed E-state index contributed by atoms with van der Waals surface area (Å²) in [7, 11) is 0. The molecule has 0 aromatic heterocycles. The normalized spacial score (nSPS) is 15.7. The fourth-order valence-electron chi connectivity index (χ4n) is 1.83. The summed E-state index contributed by atoms with van der Waals surface area (Å²) in [5, 5.41) is 8.52. The minimum atomic E-state index is -4.56. The van der Waals surface area contributed by atoms with E-state index in [1.165, 1.54) is 6.07 Å². The summed E-state index contributed by atoms with van der Waals surface area (Å²) >= 11 is 0. The van der Waals surface area contributed by atoms with E-state index in [9.17, 15) is 22.8 Å². The van der Waals surface area contributed by atoms with E-state index in [1.807, 2.05) is 0 Å². The third kappa shape index (κ3) is 2.42. The average Bonchev–Trinajstić information content (AvgIpc) is 2.64. The fourth-order valence-corrected chi connectivity index (χ4v) is 1.83. The number of carbonyl (C=O) groups is 2. The number of imide groups is 1. The molecule has 1 aliphatic heterocycles. The smallest absolute Gasteiger partial charge is 0.301 e. The minimum Gasteiger partial charge on any atom is -0.301 e. The Morgan fingerprint density at radius 1 is 1.30 bits per heavy atom.